The van der Waals surface area contributed by atoms with Gasteiger partial charge in [0.1, 0.15) is 11.2 Å². The minimum Gasteiger partial charge on any atom is -0.455 e. The fourth-order valence-electron chi connectivity index (χ4n) is 6.35. The predicted molar refractivity (Wildman–Crippen MR) is 211 cm³/mol. The van der Waals surface area contributed by atoms with Gasteiger partial charge in [-0.05, 0) is 53.5 Å². The summed E-state index contributed by atoms with van der Waals surface area (Å²) in [5, 5.41) is 0.690. The Morgan fingerprint density at radius 1 is 0.549 bits per heavy atom. The quantitative estimate of drug-likeness (QED) is 0.185. The maximum atomic E-state index is 9.60. The van der Waals surface area contributed by atoms with Gasteiger partial charge in [0.2, 0.25) is 5.95 Å². The Bertz CT molecular complexity index is 4230. The third-order valence-electron chi connectivity index (χ3n) is 8.54. The first-order valence-corrected chi connectivity index (χ1v) is 16.2. The molecule has 0 bridgehead atoms. The molecule has 4 heterocycles. The first-order chi connectivity index (χ1) is 33.2. The van der Waals surface area contributed by atoms with Crippen LogP contribution in [0, 0.1) is 0 Å². The topological polar surface area (TPSA) is 56.7 Å². The Hall–Kier alpha value is -6.63. The van der Waals surface area contributed by atoms with E-state index in [2.05, 4.69) is 0 Å². The van der Waals surface area contributed by atoms with Crippen molar-refractivity contribution < 1.29 is 30.5 Å². The van der Waals surface area contributed by atoms with Crippen molar-refractivity contribution in [3.05, 3.63) is 157 Å². The molecular weight excluding hydrogens is 645 g/mol. The summed E-state index contributed by atoms with van der Waals surface area (Å²) in [7, 11) is 0. The van der Waals surface area contributed by atoms with Crippen molar-refractivity contribution in [1.82, 2.24) is 19.5 Å². The predicted octanol–water partition coefficient (Wildman–Crippen LogP) is 12.2. The average molecular weight is 690 g/mol. The summed E-state index contributed by atoms with van der Waals surface area (Å²) in [6, 6.07) is -0.803. The van der Waals surface area contributed by atoms with E-state index in [0.29, 0.717) is 10.3 Å². The summed E-state index contributed by atoms with van der Waals surface area (Å²) < 4.78 is 177. The molecule has 51 heavy (non-hydrogen) atoms. The largest absolute Gasteiger partial charge is 0.455 e. The number of para-hydroxylation sites is 2. The molecule has 238 valence electrons. The number of aromatic nitrogens is 4. The molecule has 0 atom stereocenters. The Morgan fingerprint density at radius 2 is 1.31 bits per heavy atom. The maximum Gasteiger partial charge on any atom is 0.238 e. The van der Waals surface area contributed by atoms with E-state index in [1.807, 2.05) is 30.3 Å². The zero-order valence-corrected chi connectivity index (χ0v) is 26.5. The Balaban J connectivity index is 1.35. The maximum absolute atomic E-state index is 9.60. The molecule has 0 aliphatic heterocycles. The van der Waals surface area contributed by atoms with E-state index in [4.69, 9.17) is 37.2 Å². The molecule has 0 fully saturated rings. The van der Waals surface area contributed by atoms with Gasteiger partial charge in [0, 0.05) is 47.5 Å². The third-order valence-corrected chi connectivity index (χ3v) is 9.76. The Labute approximate surface area is 322 Å². The molecule has 7 aromatic carbocycles. The smallest absolute Gasteiger partial charge is 0.238 e. The van der Waals surface area contributed by atoms with Crippen molar-refractivity contribution in [1.29, 1.82) is 0 Å². The molecule has 0 spiro atoms. The molecular formula is C45H26N4OS. The standard InChI is InChI=1S/C45H26N4OS/c1-2-12-27(13-3-1)28-14-10-15-29(26-28)43-46-44(35-20-11-19-33-31-17-6-9-23-39(31)51-42(33)35)48-45(47-43)49-36-21-7-4-18-34(36)40-37(49)25-24-32-30-16-5-8-22-38(30)50-41(32)40/h1-26H/i1D,2D,3D,4D,5D,7D,8D,10D,12D,13D,14D,15D,16D,18D,21D,22D,24D,25D,26D. The molecule has 11 rings (SSSR count). The van der Waals surface area contributed by atoms with Gasteiger partial charge in [0.15, 0.2) is 11.6 Å². The van der Waals surface area contributed by atoms with Gasteiger partial charge < -0.3 is 4.42 Å². The first-order valence-electron chi connectivity index (χ1n) is 24.9. The van der Waals surface area contributed by atoms with E-state index >= 15 is 0 Å². The highest BCUT2D eigenvalue weighted by molar-refractivity contribution is 7.26. The van der Waals surface area contributed by atoms with Crippen LogP contribution < -0.4 is 0 Å². The van der Waals surface area contributed by atoms with E-state index in [9.17, 15) is 8.22 Å². The number of nitrogens with zero attached hydrogens (tertiary/aromatic N) is 4. The second kappa shape index (κ2) is 10.9. The van der Waals surface area contributed by atoms with E-state index < -0.39 is 143 Å². The number of hydrogen-bond donors (Lipinski definition) is 0. The number of rotatable bonds is 4. The van der Waals surface area contributed by atoms with Crippen LogP contribution in [-0.4, -0.2) is 19.5 Å². The molecule has 0 amide bonds. The molecule has 0 aliphatic rings. The Morgan fingerprint density at radius 3 is 2.25 bits per heavy atom. The van der Waals surface area contributed by atoms with Gasteiger partial charge in [-0.25, -0.2) is 4.98 Å². The number of benzene rings is 7. The molecule has 0 aliphatic carbocycles. The number of hydrogen-bond acceptors (Lipinski definition) is 5. The SMILES string of the molecule is [2H]c1c([2H])c([2H])c(-c2c([2H])c([2H])c([2H])c(-c3nc(-c4cccc5c4sc4ccccc45)nc(-n4c5c([2H])c([2H])c([2H])c([2H])c5c5c6oc7c([2H])c([2H])c([2H])c([2H])c7c6c([2H])c([2H])c54)n3)c2[2H])c([2H])c1[2H]. The van der Waals surface area contributed by atoms with Crippen molar-refractivity contribution in [2.45, 2.75) is 0 Å². The van der Waals surface area contributed by atoms with Gasteiger partial charge in [-0.15, -0.1) is 11.3 Å². The van der Waals surface area contributed by atoms with Crippen molar-refractivity contribution >= 4 is 75.3 Å². The second-order valence-corrected chi connectivity index (χ2v) is 12.4. The van der Waals surface area contributed by atoms with Crippen LogP contribution in [0.1, 0.15) is 26.0 Å². The lowest BCUT2D eigenvalue weighted by atomic mass is 10.0. The molecule has 4 aromatic heterocycles. The summed E-state index contributed by atoms with van der Waals surface area (Å²) in [4.78, 5) is 14.4. The van der Waals surface area contributed by atoms with Crippen LogP contribution in [-0.2, 0) is 0 Å². The zero-order chi connectivity index (χ0) is 50.0. The van der Waals surface area contributed by atoms with Gasteiger partial charge in [0.25, 0.3) is 0 Å². The summed E-state index contributed by atoms with van der Waals surface area (Å²) in [5.74, 6) is -1.22. The van der Waals surface area contributed by atoms with Gasteiger partial charge in [-0.1, -0.05) is 115 Å². The van der Waals surface area contributed by atoms with E-state index in [-0.39, 0.29) is 49.6 Å². The molecule has 0 N–H and O–H groups in total. The lowest BCUT2D eigenvalue weighted by Crippen LogP contribution is -2.06. The van der Waals surface area contributed by atoms with E-state index in [1.165, 1.54) is 11.3 Å². The summed E-state index contributed by atoms with van der Waals surface area (Å²) in [6.45, 7) is 0. The Kier molecular flexibility index (Phi) is 3.32. The zero-order valence-electron chi connectivity index (χ0n) is 44.6. The van der Waals surface area contributed by atoms with E-state index in [0.717, 1.165) is 20.0 Å². The summed E-state index contributed by atoms with van der Waals surface area (Å²) >= 11 is 1.38. The molecule has 11 aromatic rings. The van der Waals surface area contributed by atoms with Crippen LogP contribution in [0.15, 0.2) is 162 Å². The number of fused-ring (bicyclic) bond motifs is 10. The number of furan rings is 1. The van der Waals surface area contributed by atoms with Gasteiger partial charge in [-0.2, -0.15) is 9.97 Å². The monoisotopic (exact) mass is 689 g/mol. The summed E-state index contributed by atoms with van der Waals surface area (Å²) in [5.41, 5.74) is -2.80. The van der Waals surface area contributed by atoms with Crippen LogP contribution in [0.3, 0.4) is 0 Å². The molecule has 0 radical (unpaired) electrons. The highest BCUT2D eigenvalue weighted by Crippen LogP contribution is 2.42. The molecule has 0 saturated heterocycles. The second-order valence-electron chi connectivity index (χ2n) is 11.4. The van der Waals surface area contributed by atoms with Crippen LogP contribution in [0.25, 0.3) is 104 Å². The van der Waals surface area contributed by atoms with E-state index in [1.54, 1.807) is 12.1 Å². The van der Waals surface area contributed by atoms with Crippen molar-refractivity contribution in [3.63, 3.8) is 0 Å². The molecule has 6 heteroatoms. The van der Waals surface area contributed by atoms with Crippen molar-refractivity contribution in [2.24, 2.45) is 0 Å². The molecule has 5 nitrogen and oxygen atoms in total. The normalized spacial score (nSPS) is 17.1. The number of thiophene rings is 1. The third kappa shape index (κ3) is 4.30. The molecule has 0 unspecified atom stereocenters. The highest BCUT2D eigenvalue weighted by Gasteiger charge is 2.22. The van der Waals surface area contributed by atoms with Crippen LogP contribution in [0.5, 0.6) is 0 Å². The van der Waals surface area contributed by atoms with Gasteiger partial charge in [0.05, 0.1) is 42.5 Å². The highest BCUT2D eigenvalue weighted by atomic mass is 32.1. The van der Waals surface area contributed by atoms with Crippen LogP contribution in [0.2, 0.25) is 0 Å². The lowest BCUT2D eigenvalue weighted by Gasteiger charge is -2.12. The van der Waals surface area contributed by atoms with Crippen LogP contribution in [0.4, 0.5) is 0 Å². The van der Waals surface area contributed by atoms with Crippen molar-refractivity contribution in [3.8, 4) is 39.9 Å². The van der Waals surface area contributed by atoms with Gasteiger partial charge >= 0.3 is 0 Å². The van der Waals surface area contributed by atoms with Gasteiger partial charge in [-0.3, -0.25) is 4.57 Å². The molecule has 0 saturated carbocycles. The fraction of sp³-hybridized carbons (Fsp3) is 0. The lowest BCUT2D eigenvalue weighted by molar-refractivity contribution is 0.673. The minimum atomic E-state index is -0.831. The summed E-state index contributed by atoms with van der Waals surface area (Å²) in [6.07, 6.45) is 0. The first kappa shape index (κ1) is 15.5. The average Bonchev–Trinajstić information content (AvgIpc) is 4.05. The van der Waals surface area contributed by atoms with Crippen molar-refractivity contribution in [2.75, 3.05) is 0 Å². The van der Waals surface area contributed by atoms with Crippen LogP contribution >= 0.6 is 11.3 Å². The minimum absolute atomic E-state index is 0.163. The fourth-order valence-corrected chi connectivity index (χ4v) is 7.56.